The topological polar surface area (TPSA) is 52.9 Å². The number of nitrogens with two attached hydrogens (primary N) is 1. The molecule has 1 unspecified atom stereocenters. The van der Waals surface area contributed by atoms with E-state index in [4.69, 9.17) is 5.73 Å². The molecule has 1 heterocycles. The molecule has 1 aromatic heterocycles. The van der Waals surface area contributed by atoms with Crippen molar-refractivity contribution in [3.8, 4) is 5.69 Å². The molecule has 4 nitrogen and oxygen atoms in total. The van der Waals surface area contributed by atoms with E-state index in [2.05, 4.69) is 19.1 Å². The molecule has 0 radical (unpaired) electrons. The molecule has 0 spiro atoms. The standard InChI is InChI=1S/C16H23N3O/c1-12(2)18-9-10-19(16(18)20)15-6-4-5-14(11-15)13(3)7-8-17/h4-6,9-13H,7-8,17H2,1-3H3. The third-order valence-electron chi connectivity index (χ3n) is 3.68. The zero-order valence-electron chi connectivity index (χ0n) is 12.4. The summed E-state index contributed by atoms with van der Waals surface area (Å²) in [4.78, 5) is 12.3. The first-order chi connectivity index (χ1) is 9.54. The molecule has 20 heavy (non-hydrogen) atoms. The molecule has 0 aliphatic heterocycles. The highest BCUT2D eigenvalue weighted by molar-refractivity contribution is 5.37. The molecule has 2 rings (SSSR count). The summed E-state index contributed by atoms with van der Waals surface area (Å²) in [6, 6.07) is 8.30. The van der Waals surface area contributed by atoms with Crippen LogP contribution in [0, 0.1) is 0 Å². The minimum Gasteiger partial charge on any atom is -0.330 e. The van der Waals surface area contributed by atoms with Gasteiger partial charge in [-0.2, -0.15) is 0 Å². The van der Waals surface area contributed by atoms with Gasteiger partial charge in [0.1, 0.15) is 0 Å². The summed E-state index contributed by atoms with van der Waals surface area (Å²) in [5.74, 6) is 0.405. The first-order valence-electron chi connectivity index (χ1n) is 7.14. The Morgan fingerprint density at radius 3 is 2.55 bits per heavy atom. The van der Waals surface area contributed by atoms with Gasteiger partial charge >= 0.3 is 5.69 Å². The van der Waals surface area contributed by atoms with Crippen LogP contribution < -0.4 is 11.4 Å². The molecule has 4 heteroatoms. The molecule has 0 fully saturated rings. The lowest BCUT2D eigenvalue weighted by Gasteiger charge is -2.12. The normalized spacial score (nSPS) is 12.8. The van der Waals surface area contributed by atoms with Crippen LogP contribution in [-0.2, 0) is 0 Å². The van der Waals surface area contributed by atoms with Gasteiger partial charge < -0.3 is 5.73 Å². The Balaban J connectivity index is 2.39. The highest BCUT2D eigenvalue weighted by Crippen LogP contribution is 2.20. The van der Waals surface area contributed by atoms with E-state index in [0.717, 1.165) is 12.1 Å². The summed E-state index contributed by atoms with van der Waals surface area (Å²) in [5, 5.41) is 0. The van der Waals surface area contributed by atoms with Gasteiger partial charge in [0.15, 0.2) is 0 Å². The maximum atomic E-state index is 12.3. The van der Waals surface area contributed by atoms with Gasteiger partial charge in [0.2, 0.25) is 0 Å². The Morgan fingerprint density at radius 1 is 1.20 bits per heavy atom. The fraction of sp³-hybridized carbons (Fsp3) is 0.438. The molecule has 108 valence electrons. The molecule has 2 N–H and O–H groups in total. The fourth-order valence-corrected chi connectivity index (χ4v) is 2.38. The van der Waals surface area contributed by atoms with E-state index in [1.165, 1.54) is 5.56 Å². The molecule has 0 bridgehead atoms. The van der Waals surface area contributed by atoms with Crippen LogP contribution in [0.1, 0.15) is 44.7 Å². The minimum atomic E-state index is 0.00336. The molecule has 1 aromatic carbocycles. The van der Waals surface area contributed by atoms with E-state index >= 15 is 0 Å². The van der Waals surface area contributed by atoms with Crippen LogP contribution in [-0.4, -0.2) is 15.7 Å². The predicted molar refractivity (Wildman–Crippen MR) is 82.5 cm³/mol. The Bertz CT molecular complexity index is 625. The highest BCUT2D eigenvalue weighted by atomic mass is 16.1. The number of benzene rings is 1. The predicted octanol–water partition coefficient (Wildman–Crippen LogP) is 2.67. The average Bonchev–Trinajstić information content (AvgIpc) is 2.81. The van der Waals surface area contributed by atoms with Gasteiger partial charge in [-0.3, -0.25) is 9.13 Å². The summed E-state index contributed by atoms with van der Waals surface area (Å²) < 4.78 is 3.43. The molecule has 0 amide bonds. The molecule has 0 saturated heterocycles. The van der Waals surface area contributed by atoms with Gasteiger partial charge in [0.25, 0.3) is 0 Å². The van der Waals surface area contributed by atoms with Crippen LogP contribution in [0.3, 0.4) is 0 Å². The van der Waals surface area contributed by atoms with Gasteiger partial charge in [-0.1, -0.05) is 19.1 Å². The van der Waals surface area contributed by atoms with Crippen molar-refractivity contribution in [2.45, 2.75) is 39.2 Å². The van der Waals surface area contributed by atoms with Gasteiger partial charge in [-0.15, -0.1) is 0 Å². The first-order valence-corrected chi connectivity index (χ1v) is 7.14. The highest BCUT2D eigenvalue weighted by Gasteiger charge is 2.10. The quantitative estimate of drug-likeness (QED) is 0.910. The third-order valence-corrected chi connectivity index (χ3v) is 3.68. The van der Waals surface area contributed by atoms with E-state index in [1.54, 1.807) is 9.13 Å². The van der Waals surface area contributed by atoms with E-state index in [9.17, 15) is 4.79 Å². The van der Waals surface area contributed by atoms with Crippen LogP contribution in [0.2, 0.25) is 0 Å². The number of nitrogens with zero attached hydrogens (tertiary/aromatic N) is 2. The Labute approximate surface area is 119 Å². The van der Waals surface area contributed by atoms with Gasteiger partial charge in [-0.25, -0.2) is 4.79 Å². The molecule has 0 saturated carbocycles. The summed E-state index contributed by atoms with van der Waals surface area (Å²) in [6.07, 6.45) is 4.61. The largest absolute Gasteiger partial charge is 0.332 e. The Kier molecular flexibility index (Phi) is 4.45. The smallest absolute Gasteiger partial charge is 0.330 e. The van der Waals surface area contributed by atoms with E-state index in [0.29, 0.717) is 12.5 Å². The van der Waals surface area contributed by atoms with Crippen molar-refractivity contribution < 1.29 is 0 Å². The monoisotopic (exact) mass is 273 g/mol. The van der Waals surface area contributed by atoms with Crippen molar-refractivity contribution in [2.24, 2.45) is 5.73 Å². The lowest BCUT2D eigenvalue weighted by atomic mass is 9.97. The zero-order chi connectivity index (χ0) is 14.7. The number of hydrogen-bond donors (Lipinski definition) is 1. The summed E-state index contributed by atoms with van der Waals surface area (Å²) in [6.45, 7) is 6.85. The van der Waals surface area contributed by atoms with E-state index in [1.807, 2.05) is 38.4 Å². The molecule has 1 atom stereocenters. The molecule has 0 aliphatic carbocycles. The fourth-order valence-electron chi connectivity index (χ4n) is 2.38. The van der Waals surface area contributed by atoms with Crippen molar-refractivity contribution in [1.29, 1.82) is 0 Å². The second-order valence-corrected chi connectivity index (χ2v) is 5.53. The number of aromatic nitrogens is 2. The second-order valence-electron chi connectivity index (χ2n) is 5.53. The molecule has 0 aliphatic rings. The van der Waals surface area contributed by atoms with E-state index in [-0.39, 0.29) is 11.7 Å². The van der Waals surface area contributed by atoms with Gasteiger partial charge in [-0.05, 0) is 50.4 Å². The van der Waals surface area contributed by atoms with Crippen molar-refractivity contribution in [3.63, 3.8) is 0 Å². The van der Waals surface area contributed by atoms with Crippen molar-refractivity contribution in [3.05, 3.63) is 52.7 Å². The van der Waals surface area contributed by atoms with Crippen LogP contribution in [0.5, 0.6) is 0 Å². The lowest BCUT2D eigenvalue weighted by Crippen LogP contribution is -2.24. The van der Waals surface area contributed by atoms with Crippen LogP contribution in [0.4, 0.5) is 0 Å². The van der Waals surface area contributed by atoms with Crippen LogP contribution in [0.15, 0.2) is 41.5 Å². The maximum absolute atomic E-state index is 12.3. The van der Waals surface area contributed by atoms with E-state index < -0.39 is 0 Å². The van der Waals surface area contributed by atoms with Crippen molar-refractivity contribution in [2.75, 3.05) is 6.54 Å². The van der Waals surface area contributed by atoms with Crippen molar-refractivity contribution >= 4 is 0 Å². The van der Waals surface area contributed by atoms with Crippen molar-refractivity contribution in [1.82, 2.24) is 9.13 Å². The molecular formula is C16H23N3O. The zero-order valence-corrected chi connectivity index (χ0v) is 12.4. The Morgan fingerprint density at radius 2 is 1.95 bits per heavy atom. The average molecular weight is 273 g/mol. The minimum absolute atomic E-state index is 0.00336. The first kappa shape index (κ1) is 14.6. The number of rotatable bonds is 5. The summed E-state index contributed by atoms with van der Waals surface area (Å²) in [7, 11) is 0. The SMILES string of the molecule is CC(CCN)c1cccc(-n2ccn(C(C)C)c2=O)c1. The molecular weight excluding hydrogens is 250 g/mol. The maximum Gasteiger partial charge on any atom is 0.332 e. The van der Waals surface area contributed by atoms with Gasteiger partial charge in [0.05, 0.1) is 5.69 Å². The Hall–Kier alpha value is -1.81. The number of imidazole rings is 1. The number of hydrogen-bond acceptors (Lipinski definition) is 2. The van der Waals surface area contributed by atoms with Crippen LogP contribution >= 0.6 is 0 Å². The van der Waals surface area contributed by atoms with Crippen LogP contribution in [0.25, 0.3) is 5.69 Å². The molecule has 2 aromatic rings. The third kappa shape index (κ3) is 2.85. The summed E-state index contributed by atoms with van der Waals surface area (Å²) in [5.41, 5.74) is 7.75. The second kappa shape index (κ2) is 6.09. The lowest BCUT2D eigenvalue weighted by molar-refractivity contribution is 0.574. The van der Waals surface area contributed by atoms with Gasteiger partial charge in [0, 0.05) is 18.4 Å². The summed E-state index contributed by atoms with van der Waals surface area (Å²) >= 11 is 0.